The summed E-state index contributed by atoms with van der Waals surface area (Å²) in [5.74, 6) is 0.328. The van der Waals surface area contributed by atoms with Crippen molar-refractivity contribution in [3.63, 3.8) is 0 Å². The number of halogens is 2. The number of benzene rings is 2. The topological polar surface area (TPSA) is 105 Å². The number of carbonyl (C=O) groups is 2. The van der Waals surface area contributed by atoms with Gasteiger partial charge in [-0.2, -0.15) is 0 Å². The average Bonchev–Trinajstić information content (AvgIpc) is 2.84. The first kappa shape index (κ1) is 27.9. The summed E-state index contributed by atoms with van der Waals surface area (Å²) in [4.78, 5) is 27.0. The van der Waals surface area contributed by atoms with Crippen LogP contribution in [0.2, 0.25) is 10.0 Å². The molecule has 0 bridgehead atoms. The van der Waals surface area contributed by atoms with Crippen LogP contribution in [0.5, 0.6) is 11.5 Å². The van der Waals surface area contributed by atoms with E-state index in [1.165, 1.54) is 16.3 Å². The van der Waals surface area contributed by atoms with Crippen LogP contribution in [0.15, 0.2) is 36.4 Å². The van der Waals surface area contributed by atoms with E-state index in [1.807, 2.05) is 0 Å². The first-order valence-electron chi connectivity index (χ1n) is 11.3. The van der Waals surface area contributed by atoms with Crippen LogP contribution < -0.4 is 19.1 Å². The van der Waals surface area contributed by atoms with E-state index in [0.29, 0.717) is 46.0 Å². The van der Waals surface area contributed by atoms with Crippen molar-refractivity contribution in [2.45, 2.75) is 32.4 Å². The number of likely N-dealkylation sites (N-methyl/N-ethyl adjacent to an activating group) is 1. The van der Waals surface area contributed by atoms with Crippen molar-refractivity contribution in [2.75, 3.05) is 37.4 Å². The number of nitrogens with zero attached hydrogens (tertiary/aromatic N) is 2. The largest absolute Gasteiger partial charge is 0.486 e. The smallest absolute Gasteiger partial charge is 0.242 e. The Bertz CT molecular complexity index is 1200. The van der Waals surface area contributed by atoms with Crippen LogP contribution in [0.1, 0.15) is 25.3 Å². The van der Waals surface area contributed by atoms with Gasteiger partial charge in [-0.15, -0.1) is 0 Å². The quantitative estimate of drug-likeness (QED) is 0.479. The van der Waals surface area contributed by atoms with Gasteiger partial charge < -0.3 is 19.7 Å². The molecule has 36 heavy (non-hydrogen) atoms. The maximum Gasteiger partial charge on any atom is 0.242 e. The monoisotopic (exact) mass is 557 g/mol. The third kappa shape index (κ3) is 6.74. The average molecular weight is 558 g/mol. The first-order chi connectivity index (χ1) is 17.0. The Balaban J connectivity index is 1.76. The van der Waals surface area contributed by atoms with Gasteiger partial charge in [0.25, 0.3) is 0 Å². The molecule has 0 radical (unpaired) electrons. The number of fused-ring (bicyclic) bond motifs is 1. The third-order valence-corrected chi connectivity index (χ3v) is 7.67. The van der Waals surface area contributed by atoms with Crippen molar-refractivity contribution in [1.29, 1.82) is 0 Å². The molecule has 1 aliphatic rings. The lowest BCUT2D eigenvalue weighted by molar-refractivity contribution is -0.140. The number of rotatable bonds is 10. The molecule has 0 aliphatic carbocycles. The summed E-state index contributed by atoms with van der Waals surface area (Å²) in [6.45, 7) is 2.50. The number of nitrogens with one attached hydrogen (secondary N) is 1. The van der Waals surface area contributed by atoms with Gasteiger partial charge in [0.05, 0.1) is 11.9 Å². The van der Waals surface area contributed by atoms with Crippen molar-refractivity contribution in [1.82, 2.24) is 10.2 Å². The van der Waals surface area contributed by atoms with Crippen LogP contribution >= 0.6 is 23.2 Å². The van der Waals surface area contributed by atoms with E-state index < -0.39 is 16.1 Å². The van der Waals surface area contributed by atoms with Gasteiger partial charge in [-0.3, -0.25) is 13.9 Å². The minimum atomic E-state index is -3.64. The second-order valence-electron chi connectivity index (χ2n) is 8.28. The fourth-order valence-corrected chi connectivity index (χ4v) is 5.31. The van der Waals surface area contributed by atoms with Crippen molar-refractivity contribution in [3.05, 3.63) is 52.0 Å². The molecule has 0 spiro atoms. The van der Waals surface area contributed by atoms with Crippen LogP contribution in [-0.2, 0) is 26.2 Å². The summed E-state index contributed by atoms with van der Waals surface area (Å²) in [5.41, 5.74) is 0.937. The van der Waals surface area contributed by atoms with Crippen LogP contribution in [0, 0.1) is 0 Å². The molecule has 1 atom stereocenters. The number of amides is 2. The van der Waals surface area contributed by atoms with Crippen molar-refractivity contribution >= 4 is 50.7 Å². The molecule has 9 nitrogen and oxygen atoms in total. The van der Waals surface area contributed by atoms with Gasteiger partial charge in [0.2, 0.25) is 21.8 Å². The Kier molecular flexibility index (Phi) is 9.32. The Morgan fingerprint density at radius 2 is 1.72 bits per heavy atom. The molecule has 2 aromatic carbocycles. The number of hydrogen-bond acceptors (Lipinski definition) is 6. The van der Waals surface area contributed by atoms with Crippen LogP contribution in [0.25, 0.3) is 0 Å². The van der Waals surface area contributed by atoms with E-state index in [1.54, 1.807) is 43.3 Å². The Morgan fingerprint density at radius 1 is 1.08 bits per heavy atom. The molecule has 12 heteroatoms. The molecular formula is C24H29Cl2N3O6S. The molecule has 1 N–H and O–H groups in total. The molecule has 1 aliphatic heterocycles. The highest BCUT2D eigenvalue weighted by Crippen LogP contribution is 2.35. The van der Waals surface area contributed by atoms with Gasteiger partial charge in [0.1, 0.15) is 19.3 Å². The molecular weight excluding hydrogens is 529 g/mol. The van der Waals surface area contributed by atoms with E-state index in [-0.39, 0.29) is 37.7 Å². The SMILES string of the molecule is CNC(=O)[C@H](C)N(Cc1c(Cl)cccc1Cl)C(=O)CCCN(c1ccc2c(c1)OCCO2)S(C)(=O)=O. The molecule has 196 valence electrons. The maximum absolute atomic E-state index is 13.2. The predicted molar refractivity (Wildman–Crippen MR) is 139 cm³/mol. The van der Waals surface area contributed by atoms with Crippen molar-refractivity contribution < 1.29 is 27.5 Å². The van der Waals surface area contributed by atoms with E-state index in [4.69, 9.17) is 32.7 Å². The number of ether oxygens (including phenoxy) is 2. The standard InChI is InChI=1S/C24H29Cl2N3O6S/c1-16(24(31)27-2)28(15-18-19(25)6-4-7-20(18)26)23(30)8-5-11-29(36(3,32)33)17-9-10-21-22(14-17)35-13-12-34-21/h4,6-7,9-10,14,16H,5,8,11-13,15H2,1-3H3,(H,27,31)/t16-/m0/s1. The second kappa shape index (κ2) is 12.0. The molecule has 2 amide bonds. The zero-order valence-corrected chi connectivity index (χ0v) is 22.6. The Hall–Kier alpha value is -2.69. The second-order valence-corrected chi connectivity index (χ2v) is 11.0. The van der Waals surface area contributed by atoms with Gasteiger partial charge in [0, 0.05) is 48.2 Å². The van der Waals surface area contributed by atoms with Gasteiger partial charge in [-0.25, -0.2) is 8.42 Å². The van der Waals surface area contributed by atoms with Crippen LogP contribution in [-0.4, -0.2) is 64.2 Å². The highest BCUT2D eigenvalue weighted by Gasteiger charge is 2.27. The van der Waals surface area contributed by atoms with Crippen LogP contribution in [0.3, 0.4) is 0 Å². The summed E-state index contributed by atoms with van der Waals surface area (Å²) in [5, 5.41) is 3.31. The van der Waals surface area contributed by atoms with E-state index in [0.717, 1.165) is 6.26 Å². The fraction of sp³-hybridized carbons (Fsp3) is 0.417. The summed E-state index contributed by atoms with van der Waals surface area (Å²) in [6.07, 6.45) is 1.32. The van der Waals surface area contributed by atoms with Gasteiger partial charge in [0.15, 0.2) is 11.5 Å². The van der Waals surface area contributed by atoms with Crippen LogP contribution in [0.4, 0.5) is 5.69 Å². The Labute approximate surface area is 221 Å². The first-order valence-corrected chi connectivity index (χ1v) is 13.9. The molecule has 0 fully saturated rings. The lowest BCUT2D eigenvalue weighted by atomic mass is 10.1. The minimum absolute atomic E-state index is 0.0000220. The molecule has 0 unspecified atom stereocenters. The minimum Gasteiger partial charge on any atom is -0.486 e. The van der Waals surface area contributed by atoms with Gasteiger partial charge in [-0.05, 0) is 37.6 Å². The maximum atomic E-state index is 13.2. The molecule has 2 aromatic rings. The lowest BCUT2D eigenvalue weighted by Gasteiger charge is -2.29. The van der Waals surface area contributed by atoms with E-state index in [9.17, 15) is 18.0 Å². The van der Waals surface area contributed by atoms with Crippen molar-refractivity contribution in [2.24, 2.45) is 0 Å². The third-order valence-electron chi connectivity index (χ3n) is 5.77. The molecule has 0 saturated carbocycles. The highest BCUT2D eigenvalue weighted by atomic mass is 35.5. The number of sulfonamides is 1. The number of anilines is 1. The van der Waals surface area contributed by atoms with Gasteiger partial charge >= 0.3 is 0 Å². The summed E-state index contributed by atoms with van der Waals surface area (Å²) >= 11 is 12.6. The molecule has 0 aromatic heterocycles. The molecule has 1 heterocycles. The summed E-state index contributed by atoms with van der Waals surface area (Å²) in [7, 11) is -2.16. The zero-order valence-electron chi connectivity index (χ0n) is 20.3. The van der Waals surface area contributed by atoms with E-state index in [2.05, 4.69) is 5.32 Å². The Morgan fingerprint density at radius 3 is 2.33 bits per heavy atom. The predicted octanol–water partition coefficient (Wildman–Crippen LogP) is 3.47. The summed E-state index contributed by atoms with van der Waals surface area (Å²) in [6, 6.07) is 9.12. The number of hydrogen-bond donors (Lipinski definition) is 1. The highest BCUT2D eigenvalue weighted by molar-refractivity contribution is 7.92. The van der Waals surface area contributed by atoms with Crippen molar-refractivity contribution in [3.8, 4) is 11.5 Å². The van der Waals surface area contributed by atoms with E-state index >= 15 is 0 Å². The normalized spacial score (nSPS) is 13.6. The molecule has 3 rings (SSSR count). The number of carbonyl (C=O) groups excluding carboxylic acids is 2. The fourth-order valence-electron chi connectivity index (χ4n) is 3.84. The zero-order chi connectivity index (χ0) is 26.5. The molecule has 0 saturated heterocycles. The lowest BCUT2D eigenvalue weighted by Crippen LogP contribution is -2.47. The van der Waals surface area contributed by atoms with Gasteiger partial charge in [-0.1, -0.05) is 29.3 Å². The summed E-state index contributed by atoms with van der Waals surface area (Å²) < 4.78 is 37.4.